The minimum absolute atomic E-state index is 0.366. The fourth-order valence-corrected chi connectivity index (χ4v) is 1.32. The molecule has 1 aliphatic rings. The van der Waals surface area contributed by atoms with Gasteiger partial charge in [0, 0.05) is 27.2 Å². The molecule has 0 bridgehead atoms. The Kier molecular flexibility index (Phi) is 2.89. The zero-order chi connectivity index (χ0) is 8.43. The average molecular weight is 156 g/mol. The summed E-state index contributed by atoms with van der Waals surface area (Å²) in [6, 6.07) is 0. The second kappa shape index (κ2) is 3.54. The molecular formula is C6H17BN4. The SMILES string of the molecule is CN(C)NB1N(C)CCN1C. The van der Waals surface area contributed by atoms with Crippen LogP contribution in [-0.2, 0) is 0 Å². The van der Waals surface area contributed by atoms with Crippen LogP contribution in [-0.4, -0.2) is 63.0 Å². The summed E-state index contributed by atoms with van der Waals surface area (Å²) in [5, 5.41) is 5.32. The van der Waals surface area contributed by atoms with Crippen LogP contribution in [0.2, 0.25) is 0 Å². The number of hydrogen-bond acceptors (Lipinski definition) is 4. The second-order valence-electron chi connectivity index (χ2n) is 3.36. The van der Waals surface area contributed by atoms with Crippen LogP contribution in [0.1, 0.15) is 0 Å². The summed E-state index contributed by atoms with van der Waals surface area (Å²) < 4.78 is 0. The Labute approximate surface area is 69.2 Å². The topological polar surface area (TPSA) is 21.8 Å². The van der Waals surface area contributed by atoms with E-state index in [1.54, 1.807) is 0 Å². The fraction of sp³-hybridized carbons (Fsp3) is 1.00. The molecule has 0 aromatic rings. The van der Waals surface area contributed by atoms with Gasteiger partial charge in [-0.3, -0.25) is 10.3 Å². The van der Waals surface area contributed by atoms with E-state index in [1.165, 1.54) is 0 Å². The van der Waals surface area contributed by atoms with Crippen molar-refractivity contribution >= 4 is 7.12 Å². The van der Waals surface area contributed by atoms with Crippen molar-refractivity contribution in [2.24, 2.45) is 0 Å². The standard InChI is InChI=1S/C6H17BN4/c1-9(2)8-7-10(3)5-6-11(7)4/h8H,5-6H2,1-4H3. The van der Waals surface area contributed by atoms with E-state index in [0.29, 0.717) is 7.12 Å². The summed E-state index contributed by atoms with van der Waals surface area (Å²) in [5.41, 5.74) is 0. The predicted octanol–water partition coefficient (Wildman–Crippen LogP) is -1.09. The Morgan fingerprint density at radius 2 is 1.64 bits per heavy atom. The number of hydrogen-bond donors (Lipinski definition) is 1. The number of nitrogens with zero attached hydrogens (tertiary/aromatic N) is 3. The van der Waals surface area contributed by atoms with Crippen molar-refractivity contribution < 1.29 is 0 Å². The van der Waals surface area contributed by atoms with E-state index in [-0.39, 0.29) is 0 Å². The second-order valence-corrected chi connectivity index (χ2v) is 3.36. The molecular weight excluding hydrogens is 139 g/mol. The van der Waals surface area contributed by atoms with Gasteiger partial charge in [-0.2, -0.15) is 0 Å². The molecule has 0 aromatic heterocycles. The first-order chi connectivity index (χ1) is 5.11. The molecule has 0 aromatic carbocycles. The first-order valence-electron chi connectivity index (χ1n) is 3.95. The van der Waals surface area contributed by atoms with Gasteiger partial charge < -0.3 is 9.62 Å². The van der Waals surface area contributed by atoms with Crippen molar-refractivity contribution in [1.82, 2.24) is 20.0 Å². The van der Waals surface area contributed by atoms with E-state index < -0.39 is 0 Å². The van der Waals surface area contributed by atoms with E-state index in [1.807, 2.05) is 19.1 Å². The molecule has 1 saturated heterocycles. The molecule has 0 radical (unpaired) electrons. The predicted molar refractivity (Wildman–Crippen MR) is 47.8 cm³/mol. The van der Waals surface area contributed by atoms with Gasteiger partial charge in [-0.05, 0) is 14.1 Å². The molecule has 11 heavy (non-hydrogen) atoms. The Morgan fingerprint density at radius 3 is 2.00 bits per heavy atom. The maximum absolute atomic E-state index is 3.33. The molecule has 0 atom stereocenters. The van der Waals surface area contributed by atoms with Crippen LogP contribution in [0.3, 0.4) is 0 Å². The minimum Gasteiger partial charge on any atom is -0.315 e. The van der Waals surface area contributed by atoms with Crippen LogP contribution in [0.4, 0.5) is 0 Å². The van der Waals surface area contributed by atoms with E-state index in [2.05, 4.69) is 29.1 Å². The normalized spacial score (nSPS) is 22.1. The molecule has 0 unspecified atom stereocenters. The first kappa shape index (κ1) is 9.00. The minimum atomic E-state index is 0.366. The molecule has 1 fully saturated rings. The highest BCUT2D eigenvalue weighted by Gasteiger charge is 2.32. The molecule has 1 N–H and O–H groups in total. The smallest absolute Gasteiger partial charge is 0.315 e. The zero-order valence-corrected chi connectivity index (χ0v) is 7.83. The van der Waals surface area contributed by atoms with Crippen molar-refractivity contribution in [2.45, 2.75) is 0 Å². The van der Waals surface area contributed by atoms with E-state index in [9.17, 15) is 0 Å². The van der Waals surface area contributed by atoms with Crippen LogP contribution in [0.15, 0.2) is 0 Å². The number of likely N-dealkylation sites (N-methyl/N-ethyl adjacent to an activating group) is 2. The van der Waals surface area contributed by atoms with Crippen molar-refractivity contribution in [3.05, 3.63) is 0 Å². The molecule has 0 amide bonds. The highest BCUT2D eigenvalue weighted by Crippen LogP contribution is 2.02. The summed E-state index contributed by atoms with van der Waals surface area (Å²) in [6.07, 6.45) is 0. The zero-order valence-electron chi connectivity index (χ0n) is 7.83. The van der Waals surface area contributed by atoms with Gasteiger partial charge in [0.2, 0.25) is 0 Å². The quantitative estimate of drug-likeness (QED) is 0.405. The molecule has 4 nitrogen and oxygen atoms in total. The lowest BCUT2D eigenvalue weighted by Crippen LogP contribution is -2.56. The molecule has 0 aliphatic carbocycles. The summed E-state index contributed by atoms with van der Waals surface area (Å²) >= 11 is 0. The van der Waals surface area contributed by atoms with Gasteiger partial charge in [0.25, 0.3) is 0 Å². The lowest BCUT2D eigenvalue weighted by Gasteiger charge is -2.24. The lowest BCUT2D eigenvalue weighted by atomic mass is 9.93. The highest BCUT2D eigenvalue weighted by atomic mass is 15.5. The Hall–Kier alpha value is -0.0951. The van der Waals surface area contributed by atoms with E-state index in [4.69, 9.17) is 0 Å². The van der Waals surface area contributed by atoms with Crippen molar-refractivity contribution in [2.75, 3.05) is 41.3 Å². The Bertz CT molecular complexity index is 120. The molecule has 1 heterocycles. The van der Waals surface area contributed by atoms with Gasteiger partial charge in [-0.25, -0.2) is 0 Å². The van der Waals surface area contributed by atoms with E-state index >= 15 is 0 Å². The van der Waals surface area contributed by atoms with Crippen LogP contribution in [0, 0.1) is 0 Å². The summed E-state index contributed by atoms with van der Waals surface area (Å²) in [7, 11) is 8.65. The summed E-state index contributed by atoms with van der Waals surface area (Å²) in [6.45, 7) is 2.28. The maximum atomic E-state index is 3.33. The van der Waals surface area contributed by atoms with Gasteiger partial charge >= 0.3 is 7.12 Å². The highest BCUT2D eigenvalue weighted by molar-refractivity contribution is 6.50. The Balaban J connectivity index is 2.41. The monoisotopic (exact) mass is 156 g/mol. The third-order valence-corrected chi connectivity index (χ3v) is 2.01. The largest absolute Gasteiger partial charge is 0.414 e. The van der Waals surface area contributed by atoms with Crippen LogP contribution >= 0.6 is 0 Å². The van der Waals surface area contributed by atoms with Crippen LogP contribution in [0.25, 0.3) is 0 Å². The summed E-state index contributed by atoms with van der Waals surface area (Å²) in [5.74, 6) is 0. The number of nitrogens with one attached hydrogen (secondary N) is 1. The first-order valence-corrected chi connectivity index (χ1v) is 3.95. The van der Waals surface area contributed by atoms with Gasteiger partial charge in [-0.1, -0.05) is 0 Å². The molecule has 0 spiro atoms. The molecule has 1 rings (SSSR count). The molecule has 0 saturated carbocycles. The van der Waals surface area contributed by atoms with Gasteiger partial charge in [-0.15, -0.1) is 0 Å². The average Bonchev–Trinajstić information content (AvgIpc) is 2.18. The lowest BCUT2D eigenvalue weighted by molar-refractivity contribution is 0.340. The molecule has 1 aliphatic heterocycles. The van der Waals surface area contributed by atoms with Gasteiger partial charge in [0.15, 0.2) is 0 Å². The van der Waals surface area contributed by atoms with Crippen LogP contribution < -0.4 is 5.34 Å². The maximum Gasteiger partial charge on any atom is 0.414 e. The molecule has 64 valence electrons. The van der Waals surface area contributed by atoms with E-state index in [0.717, 1.165) is 13.1 Å². The number of rotatable bonds is 2. The summed E-state index contributed by atoms with van der Waals surface area (Å²) in [4.78, 5) is 4.58. The fourth-order valence-electron chi connectivity index (χ4n) is 1.32. The van der Waals surface area contributed by atoms with Crippen molar-refractivity contribution in [1.29, 1.82) is 0 Å². The third kappa shape index (κ3) is 2.17. The third-order valence-electron chi connectivity index (χ3n) is 2.01. The van der Waals surface area contributed by atoms with Crippen LogP contribution in [0.5, 0.6) is 0 Å². The van der Waals surface area contributed by atoms with Crippen molar-refractivity contribution in [3.63, 3.8) is 0 Å². The number of hydrazine groups is 1. The van der Waals surface area contributed by atoms with Crippen molar-refractivity contribution in [3.8, 4) is 0 Å². The Morgan fingerprint density at radius 1 is 1.18 bits per heavy atom. The van der Waals surface area contributed by atoms with Gasteiger partial charge in [0.05, 0.1) is 0 Å². The molecule has 5 heteroatoms. The van der Waals surface area contributed by atoms with Gasteiger partial charge in [0.1, 0.15) is 0 Å².